The highest BCUT2D eigenvalue weighted by molar-refractivity contribution is 5.27. The van der Waals surface area contributed by atoms with Crippen LogP contribution in [0.1, 0.15) is 44.4 Å². The van der Waals surface area contributed by atoms with Gasteiger partial charge in [0.2, 0.25) is 0 Å². The molecule has 2 N–H and O–H groups in total. The molecule has 0 saturated carbocycles. The number of hydrogen-bond acceptors (Lipinski definition) is 2. The summed E-state index contributed by atoms with van der Waals surface area (Å²) in [4.78, 5) is 0. The van der Waals surface area contributed by atoms with E-state index in [1.807, 2.05) is 33.8 Å². The zero-order valence-electron chi connectivity index (χ0n) is 11.1. The van der Waals surface area contributed by atoms with E-state index in [1.165, 1.54) is 12.1 Å². The minimum absolute atomic E-state index is 0.245. The molecule has 96 valence electrons. The number of ether oxygens (including phenoxy) is 1. The lowest BCUT2D eigenvalue weighted by Gasteiger charge is -2.34. The molecule has 0 amide bonds. The number of benzene rings is 1. The Morgan fingerprint density at radius 2 is 2.00 bits per heavy atom. The predicted molar refractivity (Wildman–Crippen MR) is 68.4 cm³/mol. The van der Waals surface area contributed by atoms with Gasteiger partial charge >= 0.3 is 0 Å². The highest BCUT2D eigenvalue weighted by Gasteiger charge is 2.31. The predicted octanol–water partition coefficient (Wildman–Crippen LogP) is 3.34. The van der Waals surface area contributed by atoms with Gasteiger partial charge in [0.1, 0.15) is 5.82 Å². The fraction of sp³-hybridized carbons (Fsp3) is 0.571. The molecule has 0 aliphatic heterocycles. The third-order valence-corrected chi connectivity index (χ3v) is 3.26. The maximum atomic E-state index is 13.4. The molecule has 3 heteroatoms. The minimum Gasteiger partial charge on any atom is -0.374 e. The Balaban J connectivity index is 3.05. The number of rotatable bonds is 5. The van der Waals surface area contributed by atoms with Gasteiger partial charge in [-0.2, -0.15) is 0 Å². The van der Waals surface area contributed by atoms with E-state index in [-0.39, 0.29) is 11.9 Å². The smallest absolute Gasteiger partial charge is 0.123 e. The van der Waals surface area contributed by atoms with Gasteiger partial charge < -0.3 is 10.5 Å². The van der Waals surface area contributed by atoms with Crippen molar-refractivity contribution in [1.29, 1.82) is 0 Å². The average Bonchev–Trinajstić information content (AvgIpc) is 2.27. The summed E-state index contributed by atoms with van der Waals surface area (Å²) >= 11 is 0. The van der Waals surface area contributed by atoms with E-state index < -0.39 is 5.60 Å². The zero-order chi connectivity index (χ0) is 13.1. The van der Waals surface area contributed by atoms with Crippen LogP contribution in [-0.2, 0) is 4.74 Å². The molecule has 0 aromatic heterocycles. The van der Waals surface area contributed by atoms with Crippen LogP contribution in [0.4, 0.5) is 4.39 Å². The summed E-state index contributed by atoms with van der Waals surface area (Å²) in [5, 5.41) is 0. The lowest BCUT2D eigenvalue weighted by Crippen LogP contribution is -2.40. The second-order valence-corrected chi connectivity index (χ2v) is 4.64. The van der Waals surface area contributed by atoms with Gasteiger partial charge in [-0.1, -0.05) is 13.0 Å². The first-order valence-corrected chi connectivity index (χ1v) is 6.09. The Bertz CT molecular complexity index is 360. The average molecular weight is 239 g/mol. The van der Waals surface area contributed by atoms with Crippen LogP contribution in [-0.4, -0.2) is 12.2 Å². The molecule has 1 rings (SSSR count). The third kappa shape index (κ3) is 3.27. The van der Waals surface area contributed by atoms with Crippen molar-refractivity contribution >= 4 is 0 Å². The van der Waals surface area contributed by atoms with Gasteiger partial charge in [-0.3, -0.25) is 0 Å². The van der Waals surface area contributed by atoms with Gasteiger partial charge in [0.05, 0.1) is 11.6 Å². The lowest BCUT2D eigenvalue weighted by molar-refractivity contribution is -0.0473. The van der Waals surface area contributed by atoms with Gasteiger partial charge in [-0.05, 0) is 50.5 Å². The Hall–Kier alpha value is -0.930. The largest absolute Gasteiger partial charge is 0.374 e. The second kappa shape index (κ2) is 5.61. The van der Waals surface area contributed by atoms with Crippen molar-refractivity contribution in [2.75, 3.05) is 6.61 Å². The maximum Gasteiger partial charge on any atom is 0.123 e. The summed E-state index contributed by atoms with van der Waals surface area (Å²) in [6.45, 7) is 8.41. The molecule has 1 aromatic carbocycles. The fourth-order valence-electron chi connectivity index (χ4n) is 2.04. The fourth-order valence-corrected chi connectivity index (χ4v) is 2.04. The van der Waals surface area contributed by atoms with E-state index in [0.717, 1.165) is 17.5 Å². The molecule has 0 radical (unpaired) electrons. The van der Waals surface area contributed by atoms with Crippen molar-refractivity contribution in [2.24, 2.45) is 5.73 Å². The normalized spacial score (nSPS) is 16.6. The topological polar surface area (TPSA) is 35.2 Å². The van der Waals surface area contributed by atoms with Crippen molar-refractivity contribution in [2.45, 2.75) is 45.8 Å². The van der Waals surface area contributed by atoms with Gasteiger partial charge in [0.25, 0.3) is 0 Å². The van der Waals surface area contributed by atoms with Crippen molar-refractivity contribution in [3.63, 3.8) is 0 Å². The Labute approximate surface area is 103 Å². The summed E-state index contributed by atoms with van der Waals surface area (Å²) in [7, 11) is 0. The molecule has 0 aliphatic rings. The molecule has 0 bridgehead atoms. The van der Waals surface area contributed by atoms with Crippen molar-refractivity contribution < 1.29 is 9.13 Å². The molecule has 2 atom stereocenters. The standard InChI is InChI=1S/C14H22FNO/c1-5-14(4,17-6-2)13(16)11-7-10(3)8-12(15)9-11/h7-9,13H,5-6,16H2,1-4H3. The number of hydrogen-bond donors (Lipinski definition) is 1. The van der Waals surface area contributed by atoms with E-state index in [4.69, 9.17) is 10.5 Å². The third-order valence-electron chi connectivity index (χ3n) is 3.26. The number of halogens is 1. The first-order chi connectivity index (χ1) is 7.92. The molecule has 0 spiro atoms. The highest BCUT2D eigenvalue weighted by atomic mass is 19.1. The Kier molecular flexibility index (Phi) is 4.66. The van der Waals surface area contributed by atoms with Crippen molar-refractivity contribution in [3.05, 3.63) is 35.1 Å². The SMILES string of the molecule is CCOC(C)(CC)C(N)c1cc(C)cc(F)c1. The second-order valence-electron chi connectivity index (χ2n) is 4.64. The van der Waals surface area contributed by atoms with Crippen LogP contribution in [0.3, 0.4) is 0 Å². The molecule has 0 fully saturated rings. The zero-order valence-corrected chi connectivity index (χ0v) is 11.1. The summed E-state index contributed by atoms with van der Waals surface area (Å²) in [5.74, 6) is -0.245. The monoisotopic (exact) mass is 239 g/mol. The molecule has 0 saturated heterocycles. The summed E-state index contributed by atoms with van der Waals surface area (Å²) < 4.78 is 19.1. The molecular weight excluding hydrogens is 217 g/mol. The quantitative estimate of drug-likeness (QED) is 0.855. The molecule has 2 nitrogen and oxygen atoms in total. The maximum absolute atomic E-state index is 13.4. The first-order valence-electron chi connectivity index (χ1n) is 6.09. The highest BCUT2D eigenvalue weighted by Crippen LogP contribution is 2.30. The summed E-state index contributed by atoms with van der Waals surface area (Å²) in [6, 6.07) is 4.59. The van der Waals surface area contributed by atoms with E-state index in [0.29, 0.717) is 6.61 Å². The van der Waals surface area contributed by atoms with Gasteiger partial charge in [-0.25, -0.2) is 4.39 Å². The minimum atomic E-state index is -0.449. The molecule has 0 heterocycles. The van der Waals surface area contributed by atoms with Crippen molar-refractivity contribution in [3.8, 4) is 0 Å². The Morgan fingerprint density at radius 3 is 2.47 bits per heavy atom. The van der Waals surface area contributed by atoms with E-state index in [1.54, 1.807) is 0 Å². The van der Waals surface area contributed by atoms with E-state index in [9.17, 15) is 4.39 Å². The van der Waals surface area contributed by atoms with Crippen LogP contribution in [0.5, 0.6) is 0 Å². The first kappa shape index (κ1) is 14.1. The number of nitrogens with two attached hydrogens (primary N) is 1. The Morgan fingerprint density at radius 1 is 1.35 bits per heavy atom. The molecule has 0 aliphatic carbocycles. The molecular formula is C14H22FNO. The van der Waals surface area contributed by atoms with Gasteiger partial charge in [0, 0.05) is 6.61 Å². The van der Waals surface area contributed by atoms with Gasteiger partial charge in [-0.15, -0.1) is 0 Å². The van der Waals surface area contributed by atoms with Crippen LogP contribution >= 0.6 is 0 Å². The molecule has 2 unspecified atom stereocenters. The van der Waals surface area contributed by atoms with Crippen molar-refractivity contribution in [1.82, 2.24) is 0 Å². The number of aryl methyl sites for hydroxylation is 1. The molecule has 17 heavy (non-hydrogen) atoms. The van der Waals surface area contributed by atoms with Crippen LogP contribution in [0.25, 0.3) is 0 Å². The van der Waals surface area contributed by atoms with E-state index >= 15 is 0 Å². The van der Waals surface area contributed by atoms with Gasteiger partial charge in [0.15, 0.2) is 0 Å². The van der Waals surface area contributed by atoms with E-state index in [2.05, 4.69) is 0 Å². The molecule has 1 aromatic rings. The van der Waals surface area contributed by atoms with Crippen LogP contribution < -0.4 is 5.73 Å². The summed E-state index contributed by atoms with van der Waals surface area (Å²) in [6.07, 6.45) is 0.789. The van der Waals surface area contributed by atoms with Crippen LogP contribution in [0.15, 0.2) is 18.2 Å². The summed E-state index contributed by atoms with van der Waals surface area (Å²) in [5.41, 5.74) is 7.44. The van der Waals surface area contributed by atoms with Crippen LogP contribution in [0.2, 0.25) is 0 Å². The lowest BCUT2D eigenvalue weighted by atomic mass is 9.87. The van der Waals surface area contributed by atoms with Crippen LogP contribution in [0, 0.1) is 12.7 Å².